The van der Waals surface area contributed by atoms with Gasteiger partial charge in [-0.1, -0.05) is 25.7 Å². The molecular formula is C14H23NO3. The van der Waals surface area contributed by atoms with Crippen LogP contribution in [0.15, 0.2) is 0 Å². The summed E-state index contributed by atoms with van der Waals surface area (Å²) in [6, 6.07) is 0. The van der Waals surface area contributed by atoms with Gasteiger partial charge in [-0.25, -0.2) is 0 Å². The van der Waals surface area contributed by atoms with Crippen molar-refractivity contribution in [3.63, 3.8) is 0 Å². The van der Waals surface area contributed by atoms with Gasteiger partial charge in [0.1, 0.15) is 0 Å². The van der Waals surface area contributed by atoms with E-state index in [9.17, 15) is 14.7 Å². The number of rotatable bonds is 2. The zero-order valence-electron chi connectivity index (χ0n) is 10.9. The topological polar surface area (TPSA) is 57.6 Å². The molecule has 2 aliphatic rings. The molecule has 2 fully saturated rings. The van der Waals surface area contributed by atoms with Gasteiger partial charge in [0, 0.05) is 13.1 Å². The Labute approximate surface area is 108 Å². The van der Waals surface area contributed by atoms with Gasteiger partial charge in [0.2, 0.25) is 5.91 Å². The molecule has 0 spiro atoms. The zero-order valence-corrected chi connectivity index (χ0v) is 10.9. The third-order valence-corrected chi connectivity index (χ3v) is 4.32. The first kappa shape index (κ1) is 13.4. The molecule has 1 saturated heterocycles. The van der Waals surface area contributed by atoms with Crippen LogP contribution < -0.4 is 0 Å². The van der Waals surface area contributed by atoms with Crippen molar-refractivity contribution in [2.45, 2.75) is 51.4 Å². The van der Waals surface area contributed by atoms with E-state index in [2.05, 4.69) is 0 Å². The van der Waals surface area contributed by atoms with E-state index < -0.39 is 11.9 Å². The van der Waals surface area contributed by atoms with Crippen LogP contribution in [-0.2, 0) is 9.59 Å². The Morgan fingerprint density at radius 3 is 1.94 bits per heavy atom. The second kappa shape index (κ2) is 6.21. The van der Waals surface area contributed by atoms with Crippen molar-refractivity contribution >= 4 is 11.9 Å². The van der Waals surface area contributed by atoms with E-state index in [1.807, 2.05) is 4.90 Å². The minimum absolute atomic E-state index is 0.101. The molecule has 102 valence electrons. The maximum Gasteiger partial charge on any atom is 0.307 e. The summed E-state index contributed by atoms with van der Waals surface area (Å²) in [6.07, 6.45) is 7.88. The Kier molecular flexibility index (Phi) is 4.61. The van der Waals surface area contributed by atoms with Crippen LogP contribution in [0.2, 0.25) is 0 Å². The number of likely N-dealkylation sites (tertiary alicyclic amines) is 1. The van der Waals surface area contributed by atoms with E-state index in [1.54, 1.807) is 0 Å². The molecule has 4 heteroatoms. The number of carboxylic acid groups (broad SMARTS) is 1. The lowest BCUT2D eigenvalue weighted by Crippen LogP contribution is -2.42. The Balaban J connectivity index is 2.02. The van der Waals surface area contributed by atoms with E-state index in [0.29, 0.717) is 6.42 Å². The molecule has 1 aliphatic heterocycles. The Hall–Kier alpha value is -1.06. The average molecular weight is 253 g/mol. The second-order valence-electron chi connectivity index (χ2n) is 5.58. The molecule has 0 aromatic rings. The second-order valence-corrected chi connectivity index (χ2v) is 5.58. The SMILES string of the molecule is O=C(O)[C@@H]1CCCC[C@@H]1C(=O)N1CCCCCC1. The van der Waals surface area contributed by atoms with Gasteiger partial charge >= 0.3 is 5.97 Å². The minimum atomic E-state index is -0.789. The van der Waals surface area contributed by atoms with Crippen LogP contribution in [0.25, 0.3) is 0 Å². The molecule has 2 rings (SSSR count). The molecule has 1 N–H and O–H groups in total. The molecule has 1 heterocycles. The summed E-state index contributed by atoms with van der Waals surface area (Å²) < 4.78 is 0. The quantitative estimate of drug-likeness (QED) is 0.821. The summed E-state index contributed by atoms with van der Waals surface area (Å²) in [5.41, 5.74) is 0. The van der Waals surface area contributed by atoms with Crippen molar-refractivity contribution in [3.8, 4) is 0 Å². The van der Waals surface area contributed by atoms with Crippen LogP contribution in [0.4, 0.5) is 0 Å². The lowest BCUT2D eigenvalue weighted by Gasteiger charge is -2.32. The third kappa shape index (κ3) is 3.03. The predicted octanol–water partition coefficient (Wildman–Crippen LogP) is 2.28. The average Bonchev–Trinajstić information content (AvgIpc) is 2.66. The maximum absolute atomic E-state index is 12.5. The van der Waals surface area contributed by atoms with Crippen LogP contribution in [0, 0.1) is 11.8 Å². The van der Waals surface area contributed by atoms with Crippen molar-refractivity contribution in [2.75, 3.05) is 13.1 Å². The minimum Gasteiger partial charge on any atom is -0.481 e. The molecule has 18 heavy (non-hydrogen) atoms. The molecule has 2 atom stereocenters. The highest BCUT2D eigenvalue weighted by Crippen LogP contribution is 2.32. The monoisotopic (exact) mass is 253 g/mol. The fourth-order valence-corrected chi connectivity index (χ4v) is 3.25. The molecule has 0 unspecified atom stereocenters. The molecule has 0 bridgehead atoms. The van der Waals surface area contributed by atoms with Crippen molar-refractivity contribution in [1.82, 2.24) is 4.90 Å². The molecule has 4 nitrogen and oxygen atoms in total. The van der Waals surface area contributed by atoms with E-state index >= 15 is 0 Å². The van der Waals surface area contributed by atoms with E-state index in [4.69, 9.17) is 0 Å². The summed E-state index contributed by atoms with van der Waals surface area (Å²) in [7, 11) is 0. The number of amides is 1. The van der Waals surface area contributed by atoms with E-state index in [0.717, 1.165) is 45.2 Å². The van der Waals surface area contributed by atoms with Crippen molar-refractivity contribution in [2.24, 2.45) is 11.8 Å². The van der Waals surface area contributed by atoms with Crippen molar-refractivity contribution in [1.29, 1.82) is 0 Å². The summed E-state index contributed by atoms with van der Waals surface area (Å²) in [5.74, 6) is -1.41. The first-order chi connectivity index (χ1) is 8.70. The number of carboxylic acids is 1. The first-order valence-electron chi connectivity index (χ1n) is 7.22. The summed E-state index contributed by atoms with van der Waals surface area (Å²) >= 11 is 0. The van der Waals surface area contributed by atoms with E-state index in [-0.39, 0.29) is 11.8 Å². The zero-order chi connectivity index (χ0) is 13.0. The van der Waals surface area contributed by atoms with Gasteiger partial charge in [0.15, 0.2) is 0 Å². The van der Waals surface area contributed by atoms with Crippen molar-refractivity contribution < 1.29 is 14.7 Å². The van der Waals surface area contributed by atoms with Crippen LogP contribution >= 0.6 is 0 Å². The molecular weight excluding hydrogens is 230 g/mol. The molecule has 0 aromatic heterocycles. The number of nitrogens with zero attached hydrogens (tertiary/aromatic N) is 1. The van der Waals surface area contributed by atoms with Gasteiger partial charge in [0.05, 0.1) is 11.8 Å². The molecule has 0 radical (unpaired) electrons. The Morgan fingerprint density at radius 2 is 1.39 bits per heavy atom. The highest BCUT2D eigenvalue weighted by Gasteiger charge is 2.37. The first-order valence-corrected chi connectivity index (χ1v) is 7.22. The number of hydrogen-bond acceptors (Lipinski definition) is 2. The van der Waals surface area contributed by atoms with Crippen LogP contribution in [0.3, 0.4) is 0 Å². The van der Waals surface area contributed by atoms with E-state index in [1.165, 1.54) is 12.8 Å². The van der Waals surface area contributed by atoms with Crippen molar-refractivity contribution in [3.05, 3.63) is 0 Å². The fraction of sp³-hybridized carbons (Fsp3) is 0.857. The maximum atomic E-state index is 12.5. The lowest BCUT2D eigenvalue weighted by molar-refractivity contribution is -0.152. The van der Waals surface area contributed by atoms with Gasteiger partial charge in [-0.15, -0.1) is 0 Å². The number of carbonyl (C=O) groups is 2. The number of aliphatic carboxylic acids is 1. The lowest BCUT2D eigenvalue weighted by atomic mass is 9.78. The van der Waals surface area contributed by atoms with Gasteiger partial charge in [-0.2, -0.15) is 0 Å². The van der Waals surface area contributed by atoms with Gasteiger partial charge in [0.25, 0.3) is 0 Å². The Bertz CT molecular complexity index is 308. The Morgan fingerprint density at radius 1 is 0.833 bits per heavy atom. The summed E-state index contributed by atoms with van der Waals surface area (Å²) in [4.78, 5) is 25.6. The third-order valence-electron chi connectivity index (χ3n) is 4.32. The molecule has 1 saturated carbocycles. The standard InChI is InChI=1S/C14H23NO3/c16-13(15-9-5-1-2-6-10-15)11-7-3-4-8-12(11)14(17)18/h11-12H,1-10H2,(H,17,18)/t11-,12+/m0/s1. The van der Waals surface area contributed by atoms with Crippen LogP contribution in [0.5, 0.6) is 0 Å². The van der Waals surface area contributed by atoms with Gasteiger partial charge < -0.3 is 10.0 Å². The summed E-state index contributed by atoms with van der Waals surface area (Å²) in [6.45, 7) is 1.64. The smallest absolute Gasteiger partial charge is 0.307 e. The highest BCUT2D eigenvalue weighted by atomic mass is 16.4. The van der Waals surface area contributed by atoms with Crippen LogP contribution in [0.1, 0.15) is 51.4 Å². The number of hydrogen-bond donors (Lipinski definition) is 1. The highest BCUT2D eigenvalue weighted by molar-refractivity contribution is 5.85. The normalized spacial score (nSPS) is 29.7. The predicted molar refractivity (Wildman–Crippen MR) is 68.1 cm³/mol. The molecule has 0 aromatic carbocycles. The number of carbonyl (C=O) groups excluding carboxylic acids is 1. The van der Waals surface area contributed by atoms with Gasteiger partial charge in [-0.05, 0) is 25.7 Å². The molecule has 1 aliphatic carbocycles. The largest absolute Gasteiger partial charge is 0.481 e. The van der Waals surface area contributed by atoms with Gasteiger partial charge in [-0.3, -0.25) is 9.59 Å². The molecule has 1 amide bonds. The van der Waals surface area contributed by atoms with Crippen LogP contribution in [-0.4, -0.2) is 35.0 Å². The summed E-state index contributed by atoms with van der Waals surface area (Å²) in [5, 5.41) is 9.24. The fourth-order valence-electron chi connectivity index (χ4n) is 3.25.